The molecule has 3 heterocycles. The van der Waals surface area contributed by atoms with Gasteiger partial charge in [0.15, 0.2) is 11.5 Å². The number of amides is 2. The van der Waals surface area contributed by atoms with E-state index in [0.29, 0.717) is 51.2 Å². The Hall–Kier alpha value is -3.82. The number of benzene rings is 1. The lowest BCUT2D eigenvalue weighted by molar-refractivity contribution is -0.119. The molecule has 0 spiro atoms. The molecule has 32 heavy (non-hydrogen) atoms. The van der Waals surface area contributed by atoms with E-state index in [4.69, 9.17) is 0 Å². The van der Waals surface area contributed by atoms with Crippen LogP contribution in [0.15, 0.2) is 24.8 Å². The first-order valence-corrected chi connectivity index (χ1v) is 10.4. The first kappa shape index (κ1) is 21.4. The van der Waals surface area contributed by atoms with Gasteiger partial charge in [-0.2, -0.15) is 5.10 Å². The number of anilines is 1. The largest absolute Gasteiger partial charge is 0.350 e. The molecule has 2 amide bonds. The third-order valence-corrected chi connectivity index (χ3v) is 5.13. The average Bonchev–Trinajstić information content (AvgIpc) is 3.46. The lowest BCUT2D eigenvalue weighted by atomic mass is 9.94. The number of H-pyrrole nitrogens is 1. The number of aromatic nitrogens is 5. The van der Waals surface area contributed by atoms with Gasteiger partial charge < -0.3 is 15.0 Å². The molecule has 0 radical (unpaired) electrons. The molecule has 9 nitrogen and oxygen atoms in total. The van der Waals surface area contributed by atoms with E-state index in [-0.39, 0.29) is 5.91 Å². The van der Waals surface area contributed by atoms with Crippen LogP contribution in [0, 0.1) is 12.7 Å². The van der Waals surface area contributed by atoms with Crippen LogP contribution in [0.3, 0.4) is 0 Å². The smallest absolute Gasteiger partial charge is 0.217 e. The normalized spacial score (nSPS) is 13.4. The van der Waals surface area contributed by atoms with Gasteiger partial charge in [0.05, 0.1) is 35.8 Å². The summed E-state index contributed by atoms with van der Waals surface area (Å²) < 4.78 is 17.1. The van der Waals surface area contributed by atoms with Crippen LogP contribution >= 0.6 is 0 Å². The number of carbonyl (C=O) groups is 2. The number of hydrogen-bond donors (Lipinski definition) is 3. The standard InChI is InChI=1S/C19H18FN7O2.C3H6/c1-9-16(13-6-27-7-14(22-8-28)25-15(27)5-21-13)12-4-23-26-19(12)17(18(9)20)10(2)24-11(3)29;1-2-3-1/h4-8,10H,1-3H3,(H,22,28)(H,23,26)(H,24,29);1-3H2. The minimum atomic E-state index is -0.538. The van der Waals surface area contributed by atoms with Gasteiger partial charge in [0.25, 0.3) is 0 Å². The Morgan fingerprint density at radius 2 is 2.03 bits per heavy atom. The Morgan fingerprint density at radius 1 is 1.28 bits per heavy atom. The second kappa shape index (κ2) is 8.74. The van der Waals surface area contributed by atoms with Crippen molar-refractivity contribution in [2.75, 3.05) is 5.32 Å². The van der Waals surface area contributed by atoms with E-state index < -0.39 is 11.9 Å². The molecule has 0 saturated heterocycles. The summed E-state index contributed by atoms with van der Waals surface area (Å²) in [6.07, 6.45) is 11.5. The van der Waals surface area contributed by atoms with Crippen LogP contribution in [0.25, 0.3) is 27.8 Å². The quantitative estimate of drug-likeness (QED) is 0.412. The number of fused-ring (bicyclic) bond motifs is 2. The van der Waals surface area contributed by atoms with Crippen LogP contribution < -0.4 is 10.6 Å². The molecule has 10 heteroatoms. The van der Waals surface area contributed by atoms with Crippen molar-refractivity contribution in [2.24, 2.45) is 0 Å². The summed E-state index contributed by atoms with van der Waals surface area (Å²) in [6, 6.07) is -0.538. The van der Waals surface area contributed by atoms with Crippen LogP contribution in [-0.2, 0) is 9.59 Å². The SMILES string of the molecule is C1CC1.CC(=O)NC(C)c1c(F)c(C)c(-c2cn3cc(NC=O)nc3cn2)c2cn[nH]c12. The van der Waals surface area contributed by atoms with Crippen LogP contribution in [0.5, 0.6) is 0 Å². The lowest BCUT2D eigenvalue weighted by Gasteiger charge is -2.18. The molecule has 1 aliphatic rings. The van der Waals surface area contributed by atoms with Crippen molar-refractivity contribution < 1.29 is 14.0 Å². The average molecular weight is 437 g/mol. The molecule has 1 aliphatic carbocycles. The molecule has 4 aromatic rings. The van der Waals surface area contributed by atoms with Crippen molar-refractivity contribution in [1.29, 1.82) is 0 Å². The number of halogens is 1. The van der Waals surface area contributed by atoms with Gasteiger partial charge in [0, 0.05) is 29.6 Å². The van der Waals surface area contributed by atoms with Gasteiger partial charge in [-0.15, -0.1) is 0 Å². The summed E-state index contributed by atoms with van der Waals surface area (Å²) >= 11 is 0. The molecule has 166 valence electrons. The van der Waals surface area contributed by atoms with Crippen molar-refractivity contribution in [3.05, 3.63) is 41.7 Å². The van der Waals surface area contributed by atoms with Crippen LogP contribution in [0.4, 0.5) is 10.2 Å². The summed E-state index contributed by atoms with van der Waals surface area (Å²) in [4.78, 5) is 30.7. The number of nitrogens with one attached hydrogen (secondary N) is 3. The van der Waals surface area contributed by atoms with Gasteiger partial charge in [0.1, 0.15) is 5.82 Å². The highest BCUT2D eigenvalue weighted by Crippen LogP contribution is 2.37. The van der Waals surface area contributed by atoms with Gasteiger partial charge in [-0.25, -0.2) is 9.37 Å². The zero-order chi connectivity index (χ0) is 22.8. The minimum absolute atomic E-state index is 0.252. The number of nitrogens with zero attached hydrogens (tertiary/aromatic N) is 4. The Labute approximate surface area is 183 Å². The lowest BCUT2D eigenvalue weighted by Crippen LogP contribution is -2.25. The highest BCUT2D eigenvalue weighted by Gasteiger charge is 2.24. The van der Waals surface area contributed by atoms with E-state index in [1.54, 1.807) is 43.0 Å². The maximum atomic E-state index is 15.4. The fraction of sp³-hybridized carbons (Fsp3) is 0.318. The predicted octanol–water partition coefficient (Wildman–Crippen LogP) is 3.66. The molecule has 0 aliphatic heterocycles. The van der Waals surface area contributed by atoms with Crippen molar-refractivity contribution in [2.45, 2.75) is 46.1 Å². The van der Waals surface area contributed by atoms with E-state index in [2.05, 4.69) is 30.8 Å². The Kier molecular flexibility index (Phi) is 5.85. The Bertz CT molecular complexity index is 1310. The summed E-state index contributed by atoms with van der Waals surface area (Å²) in [7, 11) is 0. The number of aromatic amines is 1. The van der Waals surface area contributed by atoms with Crippen LogP contribution in [0.2, 0.25) is 0 Å². The van der Waals surface area contributed by atoms with E-state index >= 15 is 4.39 Å². The fourth-order valence-corrected chi connectivity index (χ4v) is 3.58. The summed E-state index contributed by atoms with van der Waals surface area (Å²) in [5.74, 6) is -0.304. The number of carbonyl (C=O) groups excluding carboxylic acids is 2. The first-order chi connectivity index (χ1) is 15.4. The molecule has 3 N–H and O–H groups in total. The molecule has 1 fully saturated rings. The zero-order valence-corrected chi connectivity index (χ0v) is 18.1. The summed E-state index contributed by atoms with van der Waals surface area (Å²) in [5.41, 5.74) is 2.88. The van der Waals surface area contributed by atoms with Gasteiger partial charge >= 0.3 is 0 Å². The van der Waals surface area contributed by atoms with Gasteiger partial charge in [-0.1, -0.05) is 19.3 Å². The molecule has 3 aromatic heterocycles. The van der Waals surface area contributed by atoms with Gasteiger partial charge in [-0.05, 0) is 19.4 Å². The van der Waals surface area contributed by atoms with Crippen molar-refractivity contribution in [3.63, 3.8) is 0 Å². The predicted molar refractivity (Wildman–Crippen MR) is 119 cm³/mol. The molecular formula is C22H24FN7O2. The molecule has 5 rings (SSSR count). The number of hydrogen-bond acceptors (Lipinski definition) is 5. The Balaban J connectivity index is 0.000000754. The minimum Gasteiger partial charge on any atom is -0.350 e. The highest BCUT2D eigenvalue weighted by atomic mass is 19.1. The topological polar surface area (TPSA) is 117 Å². The van der Waals surface area contributed by atoms with Crippen molar-refractivity contribution in [1.82, 2.24) is 29.9 Å². The second-order valence-corrected chi connectivity index (χ2v) is 7.80. The maximum absolute atomic E-state index is 15.4. The molecule has 1 atom stereocenters. The van der Waals surface area contributed by atoms with Gasteiger partial charge in [0.2, 0.25) is 12.3 Å². The van der Waals surface area contributed by atoms with E-state index in [9.17, 15) is 9.59 Å². The highest BCUT2D eigenvalue weighted by molar-refractivity contribution is 5.97. The van der Waals surface area contributed by atoms with E-state index in [1.165, 1.54) is 26.2 Å². The third kappa shape index (κ3) is 4.16. The van der Waals surface area contributed by atoms with Gasteiger partial charge in [-0.3, -0.25) is 19.7 Å². The third-order valence-electron chi connectivity index (χ3n) is 5.13. The second-order valence-electron chi connectivity index (χ2n) is 7.80. The molecule has 0 bridgehead atoms. The fourth-order valence-electron chi connectivity index (χ4n) is 3.58. The van der Waals surface area contributed by atoms with E-state index in [0.717, 1.165) is 0 Å². The maximum Gasteiger partial charge on any atom is 0.217 e. The van der Waals surface area contributed by atoms with Crippen molar-refractivity contribution >= 4 is 34.7 Å². The van der Waals surface area contributed by atoms with Crippen LogP contribution in [-0.4, -0.2) is 36.9 Å². The molecule has 1 aromatic carbocycles. The zero-order valence-electron chi connectivity index (χ0n) is 18.1. The number of imidazole rings is 1. The van der Waals surface area contributed by atoms with Crippen molar-refractivity contribution in [3.8, 4) is 11.3 Å². The molecule has 1 saturated carbocycles. The Morgan fingerprint density at radius 3 is 2.69 bits per heavy atom. The summed E-state index contributed by atoms with van der Waals surface area (Å²) in [6.45, 7) is 4.77. The number of rotatable bonds is 5. The van der Waals surface area contributed by atoms with E-state index in [1.807, 2.05) is 0 Å². The summed E-state index contributed by atoms with van der Waals surface area (Å²) in [5, 5.41) is 12.8. The molecule has 1 unspecified atom stereocenters. The monoisotopic (exact) mass is 437 g/mol. The van der Waals surface area contributed by atoms with Crippen LogP contribution in [0.1, 0.15) is 50.3 Å². The molecular weight excluding hydrogens is 413 g/mol. The first-order valence-electron chi connectivity index (χ1n) is 10.4.